The van der Waals surface area contributed by atoms with Gasteiger partial charge in [-0.05, 0) is 30.2 Å². The number of nitrogens with zero attached hydrogens (tertiary/aromatic N) is 2. The number of hydrogen-bond acceptors (Lipinski definition) is 5. The summed E-state index contributed by atoms with van der Waals surface area (Å²) in [6, 6.07) is 9.11. The van der Waals surface area contributed by atoms with Gasteiger partial charge < -0.3 is 5.32 Å². The number of hydrogen-bond donors (Lipinski definition) is 1. The molecule has 9 heteroatoms. The van der Waals surface area contributed by atoms with Crippen LogP contribution in [0.4, 0.5) is 19.6 Å². The van der Waals surface area contributed by atoms with Crippen LogP contribution in [-0.4, -0.2) is 15.8 Å². The van der Waals surface area contributed by atoms with E-state index >= 15 is 0 Å². The van der Waals surface area contributed by atoms with Gasteiger partial charge >= 0.3 is 0 Å². The molecule has 0 fully saturated rings. The zero-order valence-corrected chi connectivity index (χ0v) is 14.6. The standard InChI is InChI=1S/C18H13F2N3O3S/c19-13-5-6-15(20)11(8-13)4-7-17(24)22-18-21-16(10-27-18)12-2-1-3-14(9-12)23(25)26/h1-3,5-6,8-10H,4,7H2,(H,21,22,24). The average Bonchev–Trinajstić information content (AvgIpc) is 3.11. The molecule has 0 bridgehead atoms. The zero-order chi connectivity index (χ0) is 19.4. The van der Waals surface area contributed by atoms with E-state index in [1.807, 2.05) is 0 Å². The van der Waals surface area contributed by atoms with E-state index in [1.54, 1.807) is 17.5 Å². The largest absolute Gasteiger partial charge is 0.302 e. The highest BCUT2D eigenvalue weighted by atomic mass is 32.1. The van der Waals surface area contributed by atoms with Crippen molar-refractivity contribution in [2.45, 2.75) is 12.8 Å². The van der Waals surface area contributed by atoms with Crippen LogP contribution in [0.15, 0.2) is 47.8 Å². The third kappa shape index (κ3) is 4.70. The number of rotatable bonds is 6. The van der Waals surface area contributed by atoms with Crippen molar-refractivity contribution in [2.75, 3.05) is 5.32 Å². The van der Waals surface area contributed by atoms with Crippen LogP contribution in [0.5, 0.6) is 0 Å². The highest BCUT2D eigenvalue weighted by molar-refractivity contribution is 7.14. The molecule has 138 valence electrons. The molecule has 0 atom stereocenters. The fourth-order valence-corrected chi connectivity index (χ4v) is 3.14. The summed E-state index contributed by atoms with van der Waals surface area (Å²) in [5, 5.41) is 15.4. The molecule has 27 heavy (non-hydrogen) atoms. The van der Waals surface area contributed by atoms with Gasteiger partial charge in [-0.25, -0.2) is 13.8 Å². The minimum atomic E-state index is -0.564. The number of benzene rings is 2. The molecule has 1 amide bonds. The number of halogens is 2. The maximum Gasteiger partial charge on any atom is 0.270 e. The number of aromatic nitrogens is 1. The molecule has 1 N–H and O–H groups in total. The monoisotopic (exact) mass is 389 g/mol. The molecule has 0 saturated heterocycles. The predicted molar refractivity (Wildman–Crippen MR) is 97.5 cm³/mol. The van der Waals surface area contributed by atoms with Crippen molar-refractivity contribution < 1.29 is 18.5 Å². The van der Waals surface area contributed by atoms with Crippen molar-refractivity contribution in [3.63, 3.8) is 0 Å². The van der Waals surface area contributed by atoms with E-state index in [1.165, 1.54) is 23.5 Å². The topological polar surface area (TPSA) is 85.1 Å². The average molecular weight is 389 g/mol. The highest BCUT2D eigenvalue weighted by Crippen LogP contribution is 2.27. The van der Waals surface area contributed by atoms with Gasteiger partial charge in [0.15, 0.2) is 5.13 Å². The first kappa shape index (κ1) is 18.6. The summed E-state index contributed by atoms with van der Waals surface area (Å²) in [7, 11) is 0. The molecule has 0 aliphatic heterocycles. The molecule has 3 rings (SSSR count). The summed E-state index contributed by atoms with van der Waals surface area (Å²) >= 11 is 1.17. The molecular weight excluding hydrogens is 376 g/mol. The molecule has 0 aliphatic carbocycles. The Morgan fingerprint density at radius 2 is 2.04 bits per heavy atom. The molecule has 3 aromatic rings. The van der Waals surface area contributed by atoms with Gasteiger partial charge in [-0.3, -0.25) is 14.9 Å². The van der Waals surface area contributed by atoms with E-state index < -0.39 is 22.5 Å². The Morgan fingerprint density at radius 1 is 1.22 bits per heavy atom. The van der Waals surface area contributed by atoms with Crippen molar-refractivity contribution in [1.82, 2.24) is 4.98 Å². The normalized spacial score (nSPS) is 10.6. The lowest BCUT2D eigenvalue weighted by molar-refractivity contribution is -0.384. The molecule has 0 saturated carbocycles. The predicted octanol–water partition coefficient (Wildman–Crippen LogP) is 4.57. The molecule has 0 spiro atoms. The zero-order valence-electron chi connectivity index (χ0n) is 13.8. The van der Waals surface area contributed by atoms with E-state index in [4.69, 9.17) is 0 Å². The molecular formula is C18H13F2N3O3S. The number of carbonyl (C=O) groups excluding carboxylic acids is 1. The smallest absolute Gasteiger partial charge is 0.270 e. The van der Waals surface area contributed by atoms with Crippen LogP contribution in [0, 0.1) is 21.7 Å². The lowest BCUT2D eigenvalue weighted by Crippen LogP contribution is -2.12. The molecule has 1 heterocycles. The Balaban J connectivity index is 1.63. The van der Waals surface area contributed by atoms with Crippen molar-refractivity contribution in [1.29, 1.82) is 0 Å². The van der Waals surface area contributed by atoms with Crippen LogP contribution < -0.4 is 5.32 Å². The summed E-state index contributed by atoms with van der Waals surface area (Å²) in [4.78, 5) is 26.6. The number of anilines is 1. The Bertz CT molecular complexity index is 1010. The number of aryl methyl sites for hydroxylation is 1. The first-order chi connectivity index (χ1) is 12.9. The summed E-state index contributed by atoms with van der Waals surface area (Å²) < 4.78 is 26.7. The molecule has 6 nitrogen and oxygen atoms in total. The van der Waals surface area contributed by atoms with E-state index in [0.717, 1.165) is 18.2 Å². The second kappa shape index (κ2) is 8.00. The van der Waals surface area contributed by atoms with Gasteiger partial charge in [0.25, 0.3) is 5.69 Å². The third-order valence-electron chi connectivity index (χ3n) is 3.73. The Hall–Kier alpha value is -3.20. The molecule has 0 unspecified atom stereocenters. The van der Waals surface area contributed by atoms with Crippen molar-refractivity contribution in [3.8, 4) is 11.3 Å². The third-order valence-corrected chi connectivity index (χ3v) is 4.49. The van der Waals surface area contributed by atoms with Crippen LogP contribution in [0.25, 0.3) is 11.3 Å². The second-order valence-electron chi connectivity index (χ2n) is 5.63. The minimum Gasteiger partial charge on any atom is -0.302 e. The number of thiazole rings is 1. The van der Waals surface area contributed by atoms with Crippen molar-refractivity contribution in [3.05, 3.63) is 75.2 Å². The molecule has 0 radical (unpaired) electrons. The number of carbonyl (C=O) groups is 1. The van der Waals surface area contributed by atoms with Gasteiger partial charge in [0.2, 0.25) is 5.91 Å². The van der Waals surface area contributed by atoms with Gasteiger partial charge in [0.1, 0.15) is 11.6 Å². The summed E-state index contributed by atoms with van der Waals surface area (Å²) in [5.74, 6) is -1.52. The van der Waals surface area contributed by atoms with Crippen LogP contribution in [-0.2, 0) is 11.2 Å². The van der Waals surface area contributed by atoms with Crippen LogP contribution in [0.2, 0.25) is 0 Å². The summed E-state index contributed by atoms with van der Waals surface area (Å²) in [6.45, 7) is 0. The van der Waals surface area contributed by atoms with Gasteiger partial charge in [0, 0.05) is 29.5 Å². The summed E-state index contributed by atoms with van der Waals surface area (Å²) in [5.41, 5.74) is 1.13. The Kier molecular flexibility index (Phi) is 5.51. The van der Waals surface area contributed by atoms with Crippen LogP contribution >= 0.6 is 11.3 Å². The van der Waals surface area contributed by atoms with Crippen molar-refractivity contribution in [2.24, 2.45) is 0 Å². The van der Waals surface area contributed by atoms with E-state index in [-0.39, 0.29) is 24.1 Å². The second-order valence-corrected chi connectivity index (χ2v) is 6.49. The number of nitro benzene ring substituents is 1. The fraction of sp³-hybridized carbons (Fsp3) is 0.111. The van der Waals surface area contributed by atoms with E-state index in [2.05, 4.69) is 10.3 Å². The molecule has 2 aromatic carbocycles. The SMILES string of the molecule is O=C(CCc1cc(F)ccc1F)Nc1nc(-c2cccc([N+](=O)[O-])c2)cs1. The van der Waals surface area contributed by atoms with Crippen molar-refractivity contribution >= 4 is 28.1 Å². The Morgan fingerprint density at radius 3 is 2.81 bits per heavy atom. The van der Waals surface area contributed by atoms with Gasteiger partial charge in [0.05, 0.1) is 10.6 Å². The minimum absolute atomic E-state index is 0.0356. The quantitative estimate of drug-likeness (QED) is 0.494. The summed E-state index contributed by atoms with van der Waals surface area (Å²) in [6.07, 6.45) is 0.0185. The van der Waals surface area contributed by atoms with Gasteiger partial charge in [-0.15, -0.1) is 11.3 Å². The fourth-order valence-electron chi connectivity index (χ4n) is 2.41. The van der Waals surface area contributed by atoms with Crippen LogP contribution in [0.1, 0.15) is 12.0 Å². The first-order valence-electron chi connectivity index (χ1n) is 7.86. The highest BCUT2D eigenvalue weighted by Gasteiger charge is 2.12. The number of nitrogens with one attached hydrogen (secondary N) is 1. The maximum absolute atomic E-state index is 13.6. The first-order valence-corrected chi connectivity index (χ1v) is 8.74. The maximum atomic E-state index is 13.6. The lowest BCUT2D eigenvalue weighted by Gasteiger charge is -2.04. The molecule has 0 aliphatic rings. The van der Waals surface area contributed by atoms with Crippen LogP contribution in [0.3, 0.4) is 0 Å². The van der Waals surface area contributed by atoms with E-state index in [0.29, 0.717) is 16.4 Å². The van der Waals surface area contributed by atoms with E-state index in [9.17, 15) is 23.7 Å². The van der Waals surface area contributed by atoms with Gasteiger partial charge in [-0.2, -0.15) is 0 Å². The number of amides is 1. The van der Waals surface area contributed by atoms with Gasteiger partial charge in [-0.1, -0.05) is 12.1 Å². The number of nitro groups is 1. The number of non-ortho nitro benzene ring substituents is 1. The molecule has 1 aromatic heterocycles. The lowest BCUT2D eigenvalue weighted by atomic mass is 10.1. The Labute approximate surface area is 156 Å².